The zero-order valence-electron chi connectivity index (χ0n) is 17.6. The first kappa shape index (κ1) is 21.7. The van der Waals surface area contributed by atoms with Crippen LogP contribution in [0.4, 0.5) is 10.8 Å². The lowest BCUT2D eigenvalue weighted by Gasteiger charge is -2.22. The summed E-state index contributed by atoms with van der Waals surface area (Å²) in [5.74, 6) is -0.509. The van der Waals surface area contributed by atoms with Crippen LogP contribution in [0.5, 0.6) is 0 Å². The third-order valence-electron chi connectivity index (χ3n) is 5.28. The van der Waals surface area contributed by atoms with Crippen LogP contribution in [-0.4, -0.2) is 22.8 Å². The highest BCUT2D eigenvalue weighted by atomic mass is 32.1. The van der Waals surface area contributed by atoms with E-state index in [4.69, 9.17) is 0 Å². The first-order valence-electron chi connectivity index (χ1n) is 10.2. The molecule has 0 atom stereocenters. The van der Waals surface area contributed by atoms with Crippen LogP contribution >= 0.6 is 11.3 Å². The van der Waals surface area contributed by atoms with Crippen LogP contribution in [0.2, 0.25) is 0 Å². The molecule has 30 heavy (non-hydrogen) atoms. The van der Waals surface area contributed by atoms with E-state index in [2.05, 4.69) is 10.3 Å². The van der Waals surface area contributed by atoms with Crippen molar-refractivity contribution in [2.45, 2.75) is 58.9 Å². The highest BCUT2D eigenvalue weighted by Gasteiger charge is 2.22. The zero-order valence-corrected chi connectivity index (χ0v) is 18.4. The summed E-state index contributed by atoms with van der Waals surface area (Å²) in [7, 11) is 0. The van der Waals surface area contributed by atoms with E-state index in [1.807, 2.05) is 38.1 Å². The van der Waals surface area contributed by atoms with E-state index in [9.17, 15) is 14.9 Å². The number of carbonyl (C=O) groups excluding carboxylic acids is 2. The Morgan fingerprint density at radius 1 is 1.23 bits per heavy atom. The van der Waals surface area contributed by atoms with Gasteiger partial charge in [-0.15, -0.1) is 11.3 Å². The molecule has 0 radical (unpaired) electrons. The van der Waals surface area contributed by atoms with E-state index in [-0.39, 0.29) is 23.4 Å². The fourth-order valence-electron chi connectivity index (χ4n) is 3.80. The highest BCUT2D eigenvalue weighted by molar-refractivity contribution is 7.14. The Morgan fingerprint density at radius 3 is 2.50 bits per heavy atom. The number of benzene rings is 1. The smallest absolute Gasteiger partial charge is 0.262 e. The molecule has 1 aromatic heterocycles. The molecule has 1 aliphatic carbocycles. The number of nitrogens with zero attached hydrogens (tertiary/aromatic N) is 3. The van der Waals surface area contributed by atoms with Crippen LogP contribution in [-0.2, 0) is 9.59 Å². The van der Waals surface area contributed by atoms with Crippen molar-refractivity contribution in [3.63, 3.8) is 0 Å². The van der Waals surface area contributed by atoms with Crippen molar-refractivity contribution < 1.29 is 9.59 Å². The number of carbonyl (C=O) groups is 2. The monoisotopic (exact) mass is 422 g/mol. The standard InChI is InChI=1S/C23H26N4O2S/c1-15-8-7-9-16(2)21(15)27(17(3)28)23-26-20(14-30-23)12-18(13-24)22(29)25-19-10-5-4-6-11-19/h7-9,12,14,19H,4-6,10-11H2,1-3H3,(H,25,29)/b18-12+. The van der Waals surface area contributed by atoms with Gasteiger partial charge >= 0.3 is 0 Å². The van der Waals surface area contributed by atoms with Crippen LogP contribution in [0.25, 0.3) is 6.08 Å². The Morgan fingerprint density at radius 2 is 1.90 bits per heavy atom. The second-order valence-electron chi connectivity index (χ2n) is 7.63. The van der Waals surface area contributed by atoms with Crippen molar-refractivity contribution in [3.8, 4) is 6.07 Å². The first-order chi connectivity index (χ1) is 14.4. The summed E-state index contributed by atoms with van der Waals surface area (Å²) < 4.78 is 0. The van der Waals surface area contributed by atoms with E-state index >= 15 is 0 Å². The SMILES string of the molecule is CC(=O)N(c1nc(/C=C(\C#N)C(=O)NC2CCCCC2)cs1)c1c(C)cccc1C. The minimum absolute atomic E-state index is 0.0267. The average Bonchev–Trinajstić information content (AvgIpc) is 3.17. The largest absolute Gasteiger partial charge is 0.349 e. The number of hydrogen-bond acceptors (Lipinski definition) is 5. The molecule has 156 valence electrons. The van der Waals surface area contributed by atoms with Gasteiger partial charge in [0.15, 0.2) is 5.13 Å². The normalized spacial score (nSPS) is 14.8. The average molecular weight is 423 g/mol. The summed E-state index contributed by atoms with van der Waals surface area (Å²) in [4.78, 5) is 31.1. The predicted molar refractivity (Wildman–Crippen MR) is 119 cm³/mol. The van der Waals surface area contributed by atoms with Gasteiger partial charge in [-0.2, -0.15) is 5.26 Å². The number of aryl methyl sites for hydroxylation is 2. The fraction of sp³-hybridized carbons (Fsp3) is 0.391. The quantitative estimate of drug-likeness (QED) is 0.554. The van der Waals surface area contributed by atoms with Gasteiger partial charge in [0.2, 0.25) is 5.91 Å². The van der Waals surface area contributed by atoms with Crippen molar-refractivity contribution in [2.75, 3.05) is 4.90 Å². The van der Waals surface area contributed by atoms with Crippen LogP contribution in [0.3, 0.4) is 0 Å². The van der Waals surface area contributed by atoms with Crippen molar-refractivity contribution in [2.24, 2.45) is 0 Å². The van der Waals surface area contributed by atoms with Gasteiger partial charge in [0.05, 0.1) is 11.4 Å². The second kappa shape index (κ2) is 9.68. The molecule has 0 saturated heterocycles. The molecule has 2 aromatic rings. The van der Waals surface area contributed by atoms with Crippen LogP contribution in [0, 0.1) is 25.2 Å². The van der Waals surface area contributed by atoms with Crippen LogP contribution in [0.1, 0.15) is 55.8 Å². The number of thiazole rings is 1. The Hall–Kier alpha value is -2.98. The lowest BCUT2D eigenvalue weighted by atomic mass is 9.95. The molecule has 1 saturated carbocycles. The molecular weight excluding hydrogens is 396 g/mol. The maximum absolute atomic E-state index is 12.5. The van der Waals surface area contributed by atoms with Crippen molar-refractivity contribution in [1.82, 2.24) is 10.3 Å². The maximum Gasteiger partial charge on any atom is 0.262 e. The summed E-state index contributed by atoms with van der Waals surface area (Å²) >= 11 is 1.31. The Bertz CT molecular complexity index is 992. The van der Waals surface area contributed by atoms with Crippen LogP contribution in [0.15, 0.2) is 29.2 Å². The zero-order chi connectivity index (χ0) is 21.7. The van der Waals surface area contributed by atoms with Crippen molar-refractivity contribution in [3.05, 3.63) is 46.0 Å². The molecular formula is C23H26N4O2S. The topological polar surface area (TPSA) is 86.1 Å². The van der Waals surface area contributed by atoms with Gasteiger partial charge in [0.25, 0.3) is 5.91 Å². The number of aromatic nitrogens is 1. The molecule has 1 aliphatic rings. The number of rotatable bonds is 5. The molecule has 2 amide bonds. The minimum Gasteiger partial charge on any atom is -0.349 e. The summed E-state index contributed by atoms with van der Waals surface area (Å²) in [6.45, 7) is 5.41. The Labute approximate surface area is 181 Å². The molecule has 1 heterocycles. The number of nitriles is 1. The Kier molecular flexibility index (Phi) is 7.01. The van der Waals surface area contributed by atoms with Gasteiger partial charge < -0.3 is 5.32 Å². The third kappa shape index (κ3) is 4.95. The van der Waals surface area contributed by atoms with Gasteiger partial charge in [-0.05, 0) is 43.9 Å². The fourth-order valence-corrected chi connectivity index (χ4v) is 4.63. The lowest BCUT2D eigenvalue weighted by Crippen LogP contribution is -2.36. The molecule has 0 unspecified atom stereocenters. The van der Waals surface area contributed by atoms with E-state index in [0.29, 0.717) is 10.8 Å². The van der Waals surface area contributed by atoms with Gasteiger partial charge in [-0.3, -0.25) is 14.5 Å². The third-order valence-corrected chi connectivity index (χ3v) is 6.12. The molecule has 1 fully saturated rings. The molecule has 0 bridgehead atoms. The molecule has 0 spiro atoms. The molecule has 1 aromatic carbocycles. The number of amides is 2. The number of anilines is 2. The number of nitrogens with one attached hydrogen (secondary N) is 1. The van der Waals surface area contributed by atoms with Gasteiger partial charge in [-0.25, -0.2) is 4.98 Å². The summed E-state index contributed by atoms with van der Waals surface area (Å²) in [5.41, 5.74) is 3.27. The van der Waals surface area contributed by atoms with E-state index in [1.54, 1.807) is 10.3 Å². The molecule has 3 rings (SSSR count). The summed E-state index contributed by atoms with van der Waals surface area (Å²) in [6, 6.07) is 7.97. The predicted octanol–water partition coefficient (Wildman–Crippen LogP) is 4.80. The molecule has 1 N–H and O–H groups in total. The first-order valence-corrected chi connectivity index (χ1v) is 11.0. The summed E-state index contributed by atoms with van der Waals surface area (Å²) in [5, 5.41) is 14.7. The molecule has 7 heteroatoms. The van der Waals surface area contributed by atoms with Crippen molar-refractivity contribution in [1.29, 1.82) is 5.26 Å². The Balaban J connectivity index is 1.85. The number of para-hydroxylation sites is 1. The molecule has 0 aliphatic heterocycles. The summed E-state index contributed by atoms with van der Waals surface area (Å²) in [6.07, 6.45) is 6.79. The van der Waals surface area contributed by atoms with Gasteiger partial charge in [0, 0.05) is 18.3 Å². The number of hydrogen-bond donors (Lipinski definition) is 1. The van der Waals surface area contributed by atoms with E-state index in [1.165, 1.54) is 30.8 Å². The van der Waals surface area contributed by atoms with E-state index < -0.39 is 0 Å². The van der Waals surface area contributed by atoms with Gasteiger partial charge in [0.1, 0.15) is 11.6 Å². The van der Waals surface area contributed by atoms with Gasteiger partial charge in [-0.1, -0.05) is 37.5 Å². The lowest BCUT2D eigenvalue weighted by molar-refractivity contribution is -0.118. The van der Waals surface area contributed by atoms with E-state index in [0.717, 1.165) is 42.5 Å². The highest BCUT2D eigenvalue weighted by Crippen LogP contribution is 2.34. The maximum atomic E-state index is 12.5. The minimum atomic E-state index is -0.364. The molecule has 6 nitrogen and oxygen atoms in total. The van der Waals surface area contributed by atoms with Crippen molar-refractivity contribution >= 4 is 40.0 Å². The van der Waals surface area contributed by atoms with Crippen LogP contribution < -0.4 is 10.2 Å². The second-order valence-corrected chi connectivity index (χ2v) is 8.46.